The molecule has 1 N–H and O–H groups in total. The van der Waals surface area contributed by atoms with Gasteiger partial charge in [0.05, 0.1) is 24.3 Å². The summed E-state index contributed by atoms with van der Waals surface area (Å²) >= 11 is 0. The quantitative estimate of drug-likeness (QED) is 0.809. The van der Waals surface area contributed by atoms with Crippen molar-refractivity contribution in [2.24, 2.45) is 11.3 Å². The molecule has 148 valence electrons. The van der Waals surface area contributed by atoms with E-state index in [-0.39, 0.29) is 10.8 Å². The fourth-order valence-corrected chi connectivity index (χ4v) is 8.46. The van der Waals surface area contributed by atoms with Gasteiger partial charge in [-0.25, -0.2) is 4.79 Å². The number of para-hydroxylation sites is 1. The number of rotatable bonds is 1. The molecule has 0 aromatic heterocycles. The topological polar surface area (TPSA) is 70.1 Å². The number of anilines is 1. The van der Waals surface area contributed by atoms with E-state index in [4.69, 9.17) is 4.74 Å². The SMILES string of the molecule is COC(=O)N1c2ccccc2[C@]23CCN4CCC[C@]5(CC[C@]12[C@@H](C(=O)O)C5)[C@H]43. The lowest BCUT2D eigenvalue weighted by Gasteiger charge is -2.69. The number of carboxylic acid groups (broad SMARTS) is 1. The summed E-state index contributed by atoms with van der Waals surface area (Å²) in [6.07, 6.45) is 5.18. The van der Waals surface area contributed by atoms with Crippen molar-refractivity contribution in [1.82, 2.24) is 4.90 Å². The van der Waals surface area contributed by atoms with Gasteiger partial charge in [0.2, 0.25) is 0 Å². The maximum atomic E-state index is 13.1. The average molecular weight is 382 g/mol. The number of piperidine rings is 1. The van der Waals surface area contributed by atoms with Crippen molar-refractivity contribution in [3.05, 3.63) is 29.8 Å². The van der Waals surface area contributed by atoms with Crippen LogP contribution in [0, 0.1) is 11.3 Å². The number of carboxylic acids is 1. The van der Waals surface area contributed by atoms with Crippen molar-refractivity contribution in [1.29, 1.82) is 0 Å². The van der Waals surface area contributed by atoms with Crippen LogP contribution in [0.3, 0.4) is 0 Å². The van der Waals surface area contributed by atoms with Crippen LogP contribution in [0.25, 0.3) is 0 Å². The van der Waals surface area contributed by atoms with Gasteiger partial charge in [0.25, 0.3) is 0 Å². The Hall–Kier alpha value is -2.08. The van der Waals surface area contributed by atoms with Crippen LogP contribution in [-0.2, 0) is 14.9 Å². The lowest BCUT2D eigenvalue weighted by molar-refractivity contribution is -0.171. The third-order valence-electron chi connectivity index (χ3n) is 8.97. The Morgan fingerprint density at radius 3 is 2.75 bits per heavy atom. The Kier molecular flexibility index (Phi) is 3.06. The zero-order valence-corrected chi connectivity index (χ0v) is 16.2. The van der Waals surface area contributed by atoms with Crippen LogP contribution in [0.15, 0.2) is 24.3 Å². The zero-order chi connectivity index (χ0) is 19.3. The van der Waals surface area contributed by atoms with Gasteiger partial charge < -0.3 is 9.84 Å². The van der Waals surface area contributed by atoms with E-state index < -0.39 is 23.5 Å². The molecule has 6 nitrogen and oxygen atoms in total. The van der Waals surface area contributed by atoms with E-state index >= 15 is 0 Å². The summed E-state index contributed by atoms with van der Waals surface area (Å²) in [5, 5.41) is 10.4. The molecule has 7 rings (SSSR count). The summed E-state index contributed by atoms with van der Waals surface area (Å²) in [6.45, 7) is 2.08. The fourth-order valence-electron chi connectivity index (χ4n) is 8.46. The highest BCUT2D eigenvalue weighted by Gasteiger charge is 2.81. The van der Waals surface area contributed by atoms with Crippen molar-refractivity contribution in [2.75, 3.05) is 25.1 Å². The molecule has 3 heterocycles. The number of aliphatic carboxylic acids is 1. The maximum absolute atomic E-state index is 13.1. The molecule has 6 heteroatoms. The summed E-state index contributed by atoms with van der Waals surface area (Å²) in [6, 6.07) is 8.45. The van der Waals surface area contributed by atoms with Crippen molar-refractivity contribution in [3.63, 3.8) is 0 Å². The Morgan fingerprint density at radius 1 is 1.14 bits per heavy atom. The Labute approximate surface area is 164 Å². The van der Waals surface area contributed by atoms with Crippen LogP contribution in [0.1, 0.15) is 44.1 Å². The Balaban J connectivity index is 1.70. The number of ether oxygens (including phenoxy) is 1. The largest absolute Gasteiger partial charge is 0.481 e. The Morgan fingerprint density at radius 2 is 1.96 bits per heavy atom. The second-order valence-corrected chi connectivity index (χ2v) is 9.47. The van der Waals surface area contributed by atoms with Gasteiger partial charge in [0, 0.05) is 11.5 Å². The maximum Gasteiger partial charge on any atom is 0.414 e. The van der Waals surface area contributed by atoms with E-state index in [1.807, 2.05) is 18.2 Å². The predicted octanol–water partition coefficient (Wildman–Crippen LogP) is 3.00. The lowest BCUT2D eigenvalue weighted by Crippen LogP contribution is -2.79. The normalized spacial score (nSPS) is 42.7. The highest BCUT2D eigenvalue weighted by atomic mass is 16.5. The highest BCUT2D eigenvalue weighted by molar-refractivity contribution is 5.96. The number of amides is 1. The van der Waals surface area contributed by atoms with Gasteiger partial charge in [-0.3, -0.25) is 14.6 Å². The minimum atomic E-state index is -0.761. The lowest BCUT2D eigenvalue weighted by atomic mass is 9.38. The molecule has 6 aliphatic rings. The predicted molar refractivity (Wildman–Crippen MR) is 102 cm³/mol. The van der Waals surface area contributed by atoms with E-state index in [1.54, 1.807) is 4.90 Å². The van der Waals surface area contributed by atoms with E-state index in [1.165, 1.54) is 12.7 Å². The molecule has 3 aliphatic carbocycles. The molecule has 2 bridgehead atoms. The first-order valence-electron chi connectivity index (χ1n) is 10.5. The standard InChI is InChI=1S/C22H26N2O4/c1-28-19(27)24-16-6-3-2-5-14(16)21-10-12-23-11-4-7-20(18(21)23)8-9-22(21,24)15(13-20)17(25)26/h2-3,5-6,15,18H,4,7-13H2,1H3,(H,25,26)/t15-,18+,20-,21+,22-/m1/s1. The number of carbonyl (C=O) groups excluding carboxylic acids is 1. The molecule has 3 aliphatic heterocycles. The number of hydrogen-bond acceptors (Lipinski definition) is 4. The van der Waals surface area contributed by atoms with Crippen molar-refractivity contribution in [2.45, 2.75) is 55.5 Å². The summed E-state index contributed by atoms with van der Waals surface area (Å²) in [5.74, 6) is -1.32. The number of methoxy groups -OCH3 is 1. The molecule has 0 radical (unpaired) electrons. The molecule has 28 heavy (non-hydrogen) atoms. The Bertz CT molecular complexity index is 902. The smallest absolute Gasteiger partial charge is 0.414 e. The van der Waals surface area contributed by atoms with Gasteiger partial charge in [-0.1, -0.05) is 18.2 Å². The molecule has 1 aromatic rings. The molecule has 1 amide bonds. The van der Waals surface area contributed by atoms with E-state index in [0.717, 1.165) is 50.9 Å². The number of hydrogen-bond donors (Lipinski definition) is 1. The molecular formula is C22H26N2O4. The van der Waals surface area contributed by atoms with Gasteiger partial charge in [0.15, 0.2) is 0 Å². The molecule has 0 unspecified atom stereocenters. The molecule has 5 atom stereocenters. The number of fused-ring (bicyclic) bond motifs is 3. The van der Waals surface area contributed by atoms with Crippen LogP contribution < -0.4 is 4.90 Å². The first-order valence-corrected chi connectivity index (χ1v) is 10.5. The van der Waals surface area contributed by atoms with Crippen molar-refractivity contribution >= 4 is 17.7 Å². The molecule has 3 spiro atoms. The minimum absolute atomic E-state index is 0.0544. The molecular weight excluding hydrogens is 356 g/mol. The van der Waals surface area contributed by atoms with Crippen molar-refractivity contribution < 1.29 is 19.4 Å². The molecule has 3 saturated carbocycles. The van der Waals surface area contributed by atoms with E-state index in [0.29, 0.717) is 12.5 Å². The zero-order valence-electron chi connectivity index (χ0n) is 16.2. The van der Waals surface area contributed by atoms with Gasteiger partial charge >= 0.3 is 12.1 Å². The minimum Gasteiger partial charge on any atom is -0.481 e. The van der Waals surface area contributed by atoms with Crippen LogP contribution in [0.2, 0.25) is 0 Å². The van der Waals surface area contributed by atoms with Gasteiger partial charge in [-0.15, -0.1) is 0 Å². The molecule has 5 fully saturated rings. The first-order chi connectivity index (χ1) is 13.5. The van der Waals surface area contributed by atoms with Gasteiger partial charge in [0.1, 0.15) is 0 Å². The fraction of sp³-hybridized carbons (Fsp3) is 0.636. The highest BCUT2D eigenvalue weighted by Crippen LogP contribution is 2.75. The number of carbonyl (C=O) groups is 2. The third-order valence-corrected chi connectivity index (χ3v) is 8.97. The van der Waals surface area contributed by atoms with Crippen molar-refractivity contribution in [3.8, 4) is 0 Å². The average Bonchev–Trinajstić information content (AvgIpc) is 3.23. The second-order valence-electron chi connectivity index (χ2n) is 9.47. The van der Waals surface area contributed by atoms with Gasteiger partial charge in [-0.05, 0) is 68.7 Å². The van der Waals surface area contributed by atoms with Crippen LogP contribution in [-0.4, -0.2) is 53.8 Å². The van der Waals surface area contributed by atoms with E-state index in [9.17, 15) is 14.7 Å². The van der Waals surface area contributed by atoms with Crippen LogP contribution >= 0.6 is 0 Å². The monoisotopic (exact) mass is 382 g/mol. The first kappa shape index (κ1) is 16.8. The third kappa shape index (κ3) is 1.52. The summed E-state index contributed by atoms with van der Waals surface area (Å²) in [4.78, 5) is 30.1. The van der Waals surface area contributed by atoms with E-state index in [2.05, 4.69) is 11.0 Å². The number of nitrogens with zero attached hydrogens (tertiary/aromatic N) is 2. The summed E-state index contributed by atoms with van der Waals surface area (Å²) in [7, 11) is 1.40. The number of benzene rings is 1. The summed E-state index contributed by atoms with van der Waals surface area (Å²) < 4.78 is 5.23. The molecule has 2 saturated heterocycles. The van der Waals surface area contributed by atoms with Crippen LogP contribution in [0.4, 0.5) is 10.5 Å². The molecule has 1 aromatic carbocycles. The van der Waals surface area contributed by atoms with Gasteiger partial charge in [-0.2, -0.15) is 0 Å². The second kappa shape index (κ2) is 5.09. The van der Waals surface area contributed by atoms with Crippen LogP contribution in [0.5, 0.6) is 0 Å². The summed E-state index contributed by atoms with van der Waals surface area (Å²) in [5.41, 5.74) is 1.06.